The molecule has 88 valence electrons. The fourth-order valence-electron chi connectivity index (χ4n) is 1.68. The number of nitrogens with one attached hydrogen (secondary N) is 2. The molecule has 1 aromatic rings. The van der Waals surface area contributed by atoms with Crippen LogP contribution in [0.25, 0.3) is 0 Å². The van der Waals surface area contributed by atoms with E-state index >= 15 is 0 Å². The van der Waals surface area contributed by atoms with Gasteiger partial charge in [0, 0.05) is 13.1 Å². The van der Waals surface area contributed by atoms with Crippen molar-refractivity contribution in [2.45, 2.75) is 13.5 Å². The van der Waals surface area contributed by atoms with E-state index in [1.807, 2.05) is 6.20 Å². The predicted octanol–water partition coefficient (Wildman–Crippen LogP) is -0.483. The van der Waals surface area contributed by atoms with E-state index in [4.69, 9.17) is 4.74 Å². The van der Waals surface area contributed by atoms with Crippen molar-refractivity contribution in [3.05, 3.63) is 11.1 Å². The van der Waals surface area contributed by atoms with E-state index in [0.717, 1.165) is 32.8 Å². The molecular weight excluding hydrogens is 226 g/mol. The van der Waals surface area contributed by atoms with Crippen molar-refractivity contribution in [2.75, 3.05) is 31.6 Å². The Labute approximate surface area is 98.4 Å². The Balaban J connectivity index is 1.88. The molecule has 6 heteroatoms. The van der Waals surface area contributed by atoms with Crippen LogP contribution in [0.5, 0.6) is 0 Å². The summed E-state index contributed by atoms with van der Waals surface area (Å²) in [5.41, 5.74) is 0. The van der Waals surface area contributed by atoms with Gasteiger partial charge in [0.15, 0.2) is 5.13 Å². The summed E-state index contributed by atoms with van der Waals surface area (Å²) in [6.45, 7) is 6.25. The number of carbonyl (C=O) groups excluding carboxylic acids is 1. The Morgan fingerprint density at radius 2 is 2.38 bits per heavy atom. The van der Waals surface area contributed by atoms with Gasteiger partial charge in [-0.15, -0.1) is 0 Å². The van der Waals surface area contributed by atoms with E-state index in [1.54, 1.807) is 11.3 Å². The van der Waals surface area contributed by atoms with Gasteiger partial charge in [-0.1, -0.05) is 11.3 Å². The summed E-state index contributed by atoms with van der Waals surface area (Å²) in [6.07, 6.45) is 1.85. The van der Waals surface area contributed by atoms with Crippen LogP contribution in [0.3, 0.4) is 0 Å². The van der Waals surface area contributed by atoms with Crippen LogP contribution in [0.1, 0.15) is 11.8 Å². The summed E-state index contributed by atoms with van der Waals surface area (Å²) in [7, 11) is 0. The van der Waals surface area contributed by atoms with Gasteiger partial charge < -0.3 is 15.0 Å². The summed E-state index contributed by atoms with van der Waals surface area (Å²) in [5, 5.41) is 3.39. The zero-order valence-electron chi connectivity index (χ0n) is 9.28. The number of amides is 1. The van der Waals surface area contributed by atoms with Crippen molar-refractivity contribution in [2.24, 2.45) is 0 Å². The van der Waals surface area contributed by atoms with Crippen molar-refractivity contribution >= 4 is 22.4 Å². The third-order valence-electron chi connectivity index (χ3n) is 2.46. The second kappa shape index (κ2) is 5.38. The number of aromatic nitrogens is 1. The first-order valence-electron chi connectivity index (χ1n) is 5.37. The SMILES string of the molecule is CC(=O)Nc1ncc(C[NH+]2CCOCC2)s1. The van der Waals surface area contributed by atoms with Crippen LogP contribution in [-0.4, -0.2) is 37.2 Å². The van der Waals surface area contributed by atoms with E-state index < -0.39 is 0 Å². The van der Waals surface area contributed by atoms with Crippen molar-refractivity contribution in [3.8, 4) is 0 Å². The summed E-state index contributed by atoms with van der Waals surface area (Å²) < 4.78 is 5.31. The van der Waals surface area contributed by atoms with Crippen molar-refractivity contribution in [3.63, 3.8) is 0 Å². The minimum absolute atomic E-state index is 0.0698. The average molecular weight is 242 g/mol. The lowest BCUT2D eigenvalue weighted by Gasteiger charge is -2.22. The van der Waals surface area contributed by atoms with Crippen molar-refractivity contribution in [1.82, 2.24) is 4.98 Å². The Morgan fingerprint density at radius 1 is 1.62 bits per heavy atom. The van der Waals surface area contributed by atoms with Gasteiger partial charge >= 0.3 is 0 Å². The number of rotatable bonds is 3. The molecule has 1 fully saturated rings. The third kappa shape index (κ3) is 3.26. The maximum Gasteiger partial charge on any atom is 0.223 e. The molecule has 2 heterocycles. The molecule has 0 atom stereocenters. The molecule has 0 aromatic carbocycles. The minimum Gasteiger partial charge on any atom is -0.370 e. The monoisotopic (exact) mass is 242 g/mol. The van der Waals surface area contributed by atoms with Crippen LogP contribution in [0.15, 0.2) is 6.20 Å². The number of hydrogen-bond acceptors (Lipinski definition) is 4. The molecule has 0 bridgehead atoms. The van der Waals surface area contributed by atoms with Crippen molar-refractivity contribution in [1.29, 1.82) is 0 Å². The summed E-state index contributed by atoms with van der Waals surface area (Å²) in [6, 6.07) is 0. The third-order valence-corrected chi connectivity index (χ3v) is 3.37. The largest absolute Gasteiger partial charge is 0.370 e. The summed E-state index contributed by atoms with van der Waals surface area (Å²) >= 11 is 1.55. The maximum absolute atomic E-state index is 10.8. The molecule has 16 heavy (non-hydrogen) atoms. The van der Waals surface area contributed by atoms with E-state index in [2.05, 4.69) is 10.3 Å². The zero-order valence-corrected chi connectivity index (χ0v) is 10.1. The molecule has 1 aromatic heterocycles. The Kier molecular flexibility index (Phi) is 3.87. The fourth-order valence-corrected chi connectivity index (χ4v) is 2.61. The number of nitrogens with zero attached hydrogens (tertiary/aromatic N) is 1. The number of carbonyl (C=O) groups is 1. The highest BCUT2D eigenvalue weighted by Crippen LogP contribution is 2.16. The summed E-state index contributed by atoms with van der Waals surface area (Å²) in [5.74, 6) is -0.0698. The number of morpholine rings is 1. The molecule has 2 N–H and O–H groups in total. The van der Waals surface area contributed by atoms with Gasteiger partial charge in [-0.3, -0.25) is 4.79 Å². The smallest absolute Gasteiger partial charge is 0.223 e. The summed E-state index contributed by atoms with van der Waals surface area (Å²) in [4.78, 5) is 17.7. The highest BCUT2D eigenvalue weighted by molar-refractivity contribution is 7.15. The van der Waals surface area contributed by atoms with E-state index in [0.29, 0.717) is 5.13 Å². The van der Waals surface area contributed by atoms with Crippen LogP contribution in [0.4, 0.5) is 5.13 Å². The second-order valence-electron chi connectivity index (χ2n) is 3.85. The van der Waals surface area contributed by atoms with Gasteiger partial charge in [-0.2, -0.15) is 0 Å². The number of quaternary nitrogens is 1. The molecule has 5 nitrogen and oxygen atoms in total. The normalized spacial score (nSPS) is 17.3. The Morgan fingerprint density at radius 3 is 3.06 bits per heavy atom. The van der Waals surface area contributed by atoms with Crippen LogP contribution < -0.4 is 10.2 Å². The van der Waals surface area contributed by atoms with Gasteiger partial charge in [0.25, 0.3) is 0 Å². The van der Waals surface area contributed by atoms with Gasteiger partial charge in [0.2, 0.25) is 5.91 Å². The number of ether oxygens (including phenoxy) is 1. The lowest BCUT2D eigenvalue weighted by molar-refractivity contribution is -0.921. The minimum atomic E-state index is -0.0698. The Bertz CT molecular complexity index is 361. The van der Waals surface area contributed by atoms with E-state index in [9.17, 15) is 4.79 Å². The molecular formula is C10H16N3O2S+. The molecule has 1 aliphatic heterocycles. The molecule has 1 aliphatic rings. The molecule has 0 saturated carbocycles. The molecule has 0 radical (unpaired) electrons. The highest BCUT2D eigenvalue weighted by Gasteiger charge is 2.15. The number of anilines is 1. The predicted molar refractivity (Wildman–Crippen MR) is 61.6 cm³/mol. The van der Waals surface area contributed by atoms with Gasteiger partial charge in [0.05, 0.1) is 18.1 Å². The van der Waals surface area contributed by atoms with E-state index in [-0.39, 0.29) is 5.91 Å². The molecule has 1 amide bonds. The Hall–Kier alpha value is -0.980. The van der Waals surface area contributed by atoms with Gasteiger partial charge in [-0.05, 0) is 0 Å². The van der Waals surface area contributed by atoms with Crippen LogP contribution in [-0.2, 0) is 16.1 Å². The van der Waals surface area contributed by atoms with Crippen LogP contribution in [0, 0.1) is 0 Å². The number of hydrogen-bond donors (Lipinski definition) is 2. The molecule has 0 aliphatic carbocycles. The second-order valence-corrected chi connectivity index (χ2v) is 4.97. The number of thiazole rings is 1. The standard InChI is InChI=1S/C10H15N3O2S/c1-8(14)12-10-11-6-9(16-10)7-13-2-4-15-5-3-13/h6H,2-5,7H2,1H3,(H,11,12,14)/p+1. The lowest BCUT2D eigenvalue weighted by atomic mass is 10.4. The van der Waals surface area contributed by atoms with Gasteiger partial charge in [-0.25, -0.2) is 4.98 Å². The zero-order chi connectivity index (χ0) is 11.4. The topological polar surface area (TPSA) is 55.7 Å². The fraction of sp³-hybridized carbons (Fsp3) is 0.600. The molecule has 0 unspecified atom stereocenters. The molecule has 1 saturated heterocycles. The first kappa shape index (κ1) is 11.5. The lowest BCUT2D eigenvalue weighted by Crippen LogP contribution is -3.12. The molecule has 2 rings (SSSR count). The highest BCUT2D eigenvalue weighted by atomic mass is 32.1. The van der Waals surface area contributed by atoms with Crippen LogP contribution in [0.2, 0.25) is 0 Å². The van der Waals surface area contributed by atoms with Gasteiger partial charge in [0.1, 0.15) is 19.6 Å². The first-order chi connectivity index (χ1) is 7.74. The maximum atomic E-state index is 10.8. The van der Waals surface area contributed by atoms with E-state index in [1.165, 1.54) is 16.7 Å². The quantitative estimate of drug-likeness (QED) is 0.752. The van der Waals surface area contributed by atoms with Crippen molar-refractivity contribution < 1.29 is 14.4 Å². The average Bonchev–Trinajstić information content (AvgIpc) is 2.66. The van der Waals surface area contributed by atoms with Crippen LogP contribution >= 0.6 is 11.3 Å². The first-order valence-corrected chi connectivity index (χ1v) is 6.19. The molecule has 0 spiro atoms.